The molecule has 0 saturated carbocycles. The number of nitrogens with zero attached hydrogens (tertiary/aromatic N) is 2. The molecule has 1 aromatic rings. The maximum Gasteiger partial charge on any atom is 0.224 e. The third-order valence-electron chi connectivity index (χ3n) is 5.71. The summed E-state index contributed by atoms with van der Waals surface area (Å²) >= 11 is 0. The quantitative estimate of drug-likeness (QED) is 0.797. The number of hydrogen-bond donors (Lipinski definition) is 1. The average Bonchev–Trinajstić information content (AvgIpc) is 2.67. The van der Waals surface area contributed by atoms with Gasteiger partial charge < -0.3 is 5.32 Å². The highest BCUT2D eigenvalue weighted by Gasteiger charge is 2.31. The minimum absolute atomic E-state index is 0.144. The summed E-state index contributed by atoms with van der Waals surface area (Å²) in [5, 5.41) is 3.04. The van der Waals surface area contributed by atoms with Crippen LogP contribution in [0.1, 0.15) is 38.2 Å². The Morgan fingerprint density at radius 2 is 1.88 bits per heavy atom. The maximum atomic E-state index is 12.4. The number of amides is 1. The molecule has 2 heterocycles. The zero-order valence-electron chi connectivity index (χ0n) is 16.1. The first-order valence-corrected chi connectivity index (χ1v) is 10.0. The molecular formula is C22H33N3O. The van der Waals surface area contributed by atoms with Gasteiger partial charge in [0.15, 0.2) is 0 Å². The molecule has 0 radical (unpaired) electrons. The fourth-order valence-corrected chi connectivity index (χ4v) is 4.22. The Labute approximate surface area is 158 Å². The number of piperidine rings is 2. The zero-order chi connectivity index (χ0) is 18.4. The van der Waals surface area contributed by atoms with E-state index >= 15 is 0 Å². The van der Waals surface area contributed by atoms with Gasteiger partial charge in [0.25, 0.3) is 0 Å². The number of nitrogens with one attached hydrogen (secondary N) is 1. The van der Waals surface area contributed by atoms with Crippen LogP contribution in [0.15, 0.2) is 42.5 Å². The van der Waals surface area contributed by atoms with E-state index in [1.807, 2.05) is 6.92 Å². The molecule has 2 aliphatic rings. The van der Waals surface area contributed by atoms with Crippen LogP contribution in [0.2, 0.25) is 0 Å². The first kappa shape index (κ1) is 19.1. The van der Waals surface area contributed by atoms with Gasteiger partial charge in [0.1, 0.15) is 0 Å². The Morgan fingerprint density at radius 1 is 1.15 bits per heavy atom. The van der Waals surface area contributed by atoms with Crippen LogP contribution in [0.5, 0.6) is 0 Å². The van der Waals surface area contributed by atoms with Crippen LogP contribution < -0.4 is 5.32 Å². The fourth-order valence-electron chi connectivity index (χ4n) is 4.22. The van der Waals surface area contributed by atoms with Crippen molar-refractivity contribution in [3.8, 4) is 0 Å². The van der Waals surface area contributed by atoms with Crippen molar-refractivity contribution in [1.82, 2.24) is 15.1 Å². The minimum Gasteiger partial charge on any atom is -0.352 e. The summed E-state index contributed by atoms with van der Waals surface area (Å²) < 4.78 is 0. The van der Waals surface area contributed by atoms with E-state index in [0.717, 1.165) is 51.1 Å². The topological polar surface area (TPSA) is 35.6 Å². The van der Waals surface area contributed by atoms with Crippen LogP contribution in [0.25, 0.3) is 0 Å². The Hall–Kier alpha value is -1.65. The molecule has 3 rings (SSSR count). The summed E-state index contributed by atoms with van der Waals surface area (Å²) in [5.74, 6) is 0.352. The van der Waals surface area contributed by atoms with Gasteiger partial charge in [-0.15, -0.1) is 0 Å². The summed E-state index contributed by atoms with van der Waals surface area (Å²) in [7, 11) is 0. The Bertz CT molecular complexity index is 593. The number of carbonyl (C=O) groups excluding carboxylic acids is 1. The van der Waals surface area contributed by atoms with Crippen molar-refractivity contribution in [2.24, 2.45) is 5.92 Å². The van der Waals surface area contributed by atoms with Crippen molar-refractivity contribution in [2.75, 3.05) is 32.7 Å². The van der Waals surface area contributed by atoms with E-state index in [4.69, 9.17) is 0 Å². The Balaban J connectivity index is 1.45. The summed E-state index contributed by atoms with van der Waals surface area (Å²) in [6.07, 6.45) is 4.58. The minimum atomic E-state index is 0.144. The average molecular weight is 356 g/mol. The van der Waals surface area contributed by atoms with Crippen LogP contribution in [-0.2, 0) is 11.3 Å². The van der Waals surface area contributed by atoms with Gasteiger partial charge in [-0.3, -0.25) is 14.6 Å². The molecule has 1 unspecified atom stereocenters. The molecule has 2 aliphatic heterocycles. The van der Waals surface area contributed by atoms with E-state index in [-0.39, 0.29) is 11.8 Å². The second-order valence-electron chi connectivity index (χ2n) is 8.00. The second kappa shape index (κ2) is 9.33. The normalized spacial score (nSPS) is 22.9. The Kier molecular flexibility index (Phi) is 6.86. The summed E-state index contributed by atoms with van der Waals surface area (Å²) in [5.41, 5.74) is 2.41. The molecule has 0 bridgehead atoms. The lowest BCUT2D eigenvalue weighted by molar-refractivity contribution is -0.127. The summed E-state index contributed by atoms with van der Waals surface area (Å²) in [6, 6.07) is 11.4. The van der Waals surface area contributed by atoms with Crippen molar-refractivity contribution >= 4 is 5.91 Å². The highest BCUT2D eigenvalue weighted by Crippen LogP contribution is 2.24. The van der Waals surface area contributed by atoms with Gasteiger partial charge in [-0.2, -0.15) is 0 Å². The molecule has 4 heteroatoms. The van der Waals surface area contributed by atoms with Gasteiger partial charge in [0, 0.05) is 25.7 Å². The lowest BCUT2D eigenvalue weighted by Crippen LogP contribution is -2.50. The molecular weight excluding hydrogens is 322 g/mol. The van der Waals surface area contributed by atoms with Crippen LogP contribution >= 0.6 is 0 Å². The van der Waals surface area contributed by atoms with Crippen molar-refractivity contribution in [2.45, 2.75) is 45.2 Å². The van der Waals surface area contributed by atoms with Crippen molar-refractivity contribution < 1.29 is 4.79 Å². The number of rotatable bonds is 6. The molecule has 2 saturated heterocycles. The monoisotopic (exact) mass is 355 g/mol. The third-order valence-corrected chi connectivity index (χ3v) is 5.71. The SMILES string of the molecule is C=C(C)CNC(=O)C1CCCN(C2CCN(Cc3ccccc3)CC2)C1. The van der Waals surface area contributed by atoms with E-state index in [0.29, 0.717) is 12.6 Å². The van der Waals surface area contributed by atoms with Crippen LogP contribution in [-0.4, -0.2) is 54.5 Å². The predicted molar refractivity (Wildman–Crippen MR) is 107 cm³/mol. The number of hydrogen-bond acceptors (Lipinski definition) is 3. The number of carbonyl (C=O) groups is 1. The zero-order valence-corrected chi connectivity index (χ0v) is 16.1. The van der Waals surface area contributed by atoms with E-state index in [2.05, 4.69) is 52.0 Å². The van der Waals surface area contributed by atoms with Crippen molar-refractivity contribution in [3.05, 3.63) is 48.0 Å². The lowest BCUT2D eigenvalue weighted by atomic mass is 9.93. The standard InChI is InChI=1S/C22H33N3O/c1-18(2)15-23-22(26)20-9-6-12-25(17-20)21-10-13-24(14-11-21)16-19-7-4-3-5-8-19/h3-5,7-8,20-21H,1,6,9-17H2,2H3,(H,23,26). The molecule has 0 aromatic heterocycles. The van der Waals surface area contributed by atoms with Crippen LogP contribution in [0, 0.1) is 5.92 Å². The van der Waals surface area contributed by atoms with E-state index in [1.54, 1.807) is 0 Å². The second-order valence-corrected chi connectivity index (χ2v) is 8.00. The maximum absolute atomic E-state index is 12.4. The van der Waals surface area contributed by atoms with E-state index < -0.39 is 0 Å². The Morgan fingerprint density at radius 3 is 2.58 bits per heavy atom. The van der Waals surface area contributed by atoms with Gasteiger partial charge in [-0.05, 0) is 57.8 Å². The smallest absolute Gasteiger partial charge is 0.224 e. The van der Waals surface area contributed by atoms with Crippen LogP contribution in [0.4, 0.5) is 0 Å². The molecule has 0 spiro atoms. The highest BCUT2D eigenvalue weighted by atomic mass is 16.1. The van der Waals surface area contributed by atoms with Gasteiger partial charge in [-0.25, -0.2) is 0 Å². The largest absolute Gasteiger partial charge is 0.352 e. The summed E-state index contributed by atoms with van der Waals surface area (Å²) in [4.78, 5) is 17.5. The van der Waals surface area contributed by atoms with E-state index in [9.17, 15) is 4.79 Å². The predicted octanol–water partition coefficient (Wildman–Crippen LogP) is 3.06. The molecule has 0 aliphatic carbocycles. The number of benzene rings is 1. The molecule has 1 N–H and O–H groups in total. The van der Waals surface area contributed by atoms with Gasteiger partial charge in [0.2, 0.25) is 5.91 Å². The van der Waals surface area contributed by atoms with Gasteiger partial charge in [-0.1, -0.05) is 42.5 Å². The van der Waals surface area contributed by atoms with Gasteiger partial charge in [0.05, 0.1) is 5.92 Å². The van der Waals surface area contributed by atoms with E-state index in [1.165, 1.54) is 18.4 Å². The van der Waals surface area contributed by atoms with Crippen LogP contribution in [0.3, 0.4) is 0 Å². The van der Waals surface area contributed by atoms with Crippen molar-refractivity contribution in [1.29, 1.82) is 0 Å². The number of likely N-dealkylation sites (tertiary alicyclic amines) is 2. The molecule has 1 amide bonds. The molecule has 1 aromatic carbocycles. The lowest BCUT2D eigenvalue weighted by Gasteiger charge is -2.42. The molecule has 4 nitrogen and oxygen atoms in total. The first-order valence-electron chi connectivity index (χ1n) is 10.0. The first-order chi connectivity index (χ1) is 12.6. The molecule has 142 valence electrons. The third kappa shape index (κ3) is 5.42. The molecule has 2 fully saturated rings. The van der Waals surface area contributed by atoms with Crippen molar-refractivity contribution in [3.63, 3.8) is 0 Å². The highest BCUT2D eigenvalue weighted by molar-refractivity contribution is 5.79. The molecule has 26 heavy (non-hydrogen) atoms. The fraction of sp³-hybridized carbons (Fsp3) is 0.591. The molecule has 1 atom stereocenters. The van der Waals surface area contributed by atoms with Gasteiger partial charge >= 0.3 is 0 Å². The summed E-state index contributed by atoms with van der Waals surface area (Å²) in [6.45, 7) is 11.9.